The van der Waals surface area contributed by atoms with E-state index in [1.807, 2.05) is 0 Å². The lowest BCUT2D eigenvalue weighted by atomic mass is 9.70. The van der Waals surface area contributed by atoms with Gasteiger partial charge in [-0.3, -0.25) is 4.79 Å². The van der Waals surface area contributed by atoms with Crippen LogP contribution < -0.4 is 11.1 Å². The first-order valence-corrected chi connectivity index (χ1v) is 6.21. The Morgan fingerprint density at radius 1 is 1.53 bits per heavy atom. The fraction of sp³-hybridized carbons (Fsp3) is 0.462. The molecule has 0 radical (unpaired) electrons. The molecule has 1 fully saturated rings. The van der Waals surface area contributed by atoms with Crippen LogP contribution in [0, 0.1) is 5.41 Å². The molecule has 0 saturated heterocycles. The molecule has 1 saturated carbocycles. The average molecular weight is 253 g/mol. The van der Waals surface area contributed by atoms with Crippen LogP contribution in [0.3, 0.4) is 0 Å². The summed E-state index contributed by atoms with van der Waals surface area (Å²) in [6.45, 7) is 2.90. The van der Waals surface area contributed by atoms with E-state index in [0.717, 1.165) is 0 Å². The van der Waals surface area contributed by atoms with Gasteiger partial charge >= 0.3 is 0 Å². The monoisotopic (exact) mass is 252 g/mol. The number of carbonyl (C=O) groups excluding carboxylic acids is 1. The van der Waals surface area contributed by atoms with Gasteiger partial charge in [-0.15, -0.1) is 0 Å². The zero-order chi connectivity index (χ0) is 12.5. The lowest BCUT2D eigenvalue weighted by Crippen LogP contribution is -2.40. The van der Waals surface area contributed by atoms with Gasteiger partial charge in [-0.1, -0.05) is 24.9 Å². The molecule has 0 bridgehead atoms. The van der Waals surface area contributed by atoms with Crippen molar-refractivity contribution in [2.75, 3.05) is 12.3 Å². The van der Waals surface area contributed by atoms with Crippen LogP contribution in [-0.4, -0.2) is 12.5 Å². The minimum atomic E-state index is -0.141. The van der Waals surface area contributed by atoms with E-state index in [4.69, 9.17) is 17.3 Å². The summed E-state index contributed by atoms with van der Waals surface area (Å²) in [4.78, 5) is 12.0. The lowest BCUT2D eigenvalue weighted by molar-refractivity contribution is 0.0891. The molecule has 0 aromatic heterocycles. The number of nitrogens with two attached hydrogens (primary N) is 1. The minimum Gasteiger partial charge on any atom is -0.398 e. The second-order valence-electron chi connectivity index (χ2n) is 5.08. The van der Waals surface area contributed by atoms with Crippen LogP contribution in [0.25, 0.3) is 0 Å². The van der Waals surface area contributed by atoms with E-state index in [1.54, 1.807) is 18.2 Å². The van der Waals surface area contributed by atoms with E-state index < -0.39 is 0 Å². The highest BCUT2D eigenvalue weighted by Gasteiger charge is 2.32. The maximum absolute atomic E-state index is 12.0. The molecule has 0 unspecified atom stereocenters. The van der Waals surface area contributed by atoms with Crippen molar-refractivity contribution < 1.29 is 4.79 Å². The van der Waals surface area contributed by atoms with Crippen molar-refractivity contribution in [3.05, 3.63) is 28.8 Å². The first-order valence-electron chi connectivity index (χ1n) is 5.83. The molecule has 1 aromatic carbocycles. The van der Waals surface area contributed by atoms with Gasteiger partial charge in [0.2, 0.25) is 0 Å². The number of rotatable bonds is 3. The van der Waals surface area contributed by atoms with E-state index in [2.05, 4.69) is 12.2 Å². The number of amides is 1. The molecule has 4 heteroatoms. The Morgan fingerprint density at radius 3 is 2.82 bits per heavy atom. The molecular weight excluding hydrogens is 236 g/mol. The van der Waals surface area contributed by atoms with E-state index in [1.165, 1.54) is 19.3 Å². The molecule has 1 aliphatic carbocycles. The van der Waals surface area contributed by atoms with Crippen LogP contribution in [0.5, 0.6) is 0 Å². The molecule has 1 aliphatic rings. The highest BCUT2D eigenvalue weighted by atomic mass is 35.5. The maximum Gasteiger partial charge on any atom is 0.253 e. The summed E-state index contributed by atoms with van der Waals surface area (Å²) in [5.74, 6) is -0.141. The first kappa shape index (κ1) is 12.2. The molecule has 3 N–H and O–H groups in total. The first-order chi connectivity index (χ1) is 8.00. The normalized spacial score (nSPS) is 17.3. The number of benzene rings is 1. The summed E-state index contributed by atoms with van der Waals surface area (Å²) in [5, 5.41) is 3.46. The van der Waals surface area contributed by atoms with Crippen LogP contribution >= 0.6 is 11.6 Å². The maximum atomic E-state index is 12.0. The number of hydrogen-bond acceptors (Lipinski definition) is 2. The molecule has 0 spiro atoms. The summed E-state index contributed by atoms with van der Waals surface area (Å²) in [7, 11) is 0. The SMILES string of the molecule is CC1(CNC(=O)c2cc(Cl)ccc2N)CCC1. The number of hydrogen-bond donors (Lipinski definition) is 2. The van der Waals surface area contributed by atoms with Crippen molar-refractivity contribution in [3.63, 3.8) is 0 Å². The number of anilines is 1. The van der Waals surface area contributed by atoms with Gasteiger partial charge in [-0.25, -0.2) is 0 Å². The van der Waals surface area contributed by atoms with E-state index in [0.29, 0.717) is 22.8 Å². The number of nitrogens with one attached hydrogen (secondary N) is 1. The van der Waals surface area contributed by atoms with Crippen molar-refractivity contribution in [1.29, 1.82) is 0 Å². The Balaban J connectivity index is 2.01. The Hall–Kier alpha value is -1.22. The van der Waals surface area contributed by atoms with Crippen molar-refractivity contribution in [1.82, 2.24) is 5.32 Å². The zero-order valence-electron chi connectivity index (χ0n) is 9.92. The van der Waals surface area contributed by atoms with Crippen molar-refractivity contribution >= 4 is 23.2 Å². The van der Waals surface area contributed by atoms with Gasteiger partial charge in [-0.05, 0) is 36.5 Å². The third kappa shape index (κ3) is 2.72. The summed E-state index contributed by atoms with van der Waals surface area (Å²) in [5.41, 5.74) is 6.95. The number of nitrogen functional groups attached to an aromatic ring is 1. The predicted molar refractivity (Wildman–Crippen MR) is 70.2 cm³/mol. The van der Waals surface area contributed by atoms with Crippen molar-refractivity contribution in [3.8, 4) is 0 Å². The Bertz CT molecular complexity index is 441. The highest BCUT2D eigenvalue weighted by molar-refractivity contribution is 6.31. The molecule has 0 aliphatic heterocycles. The molecule has 1 aromatic rings. The molecule has 0 atom stereocenters. The summed E-state index contributed by atoms with van der Waals surface area (Å²) < 4.78 is 0. The topological polar surface area (TPSA) is 55.1 Å². The van der Waals surface area contributed by atoms with E-state index >= 15 is 0 Å². The van der Waals surface area contributed by atoms with Crippen LogP contribution in [0.15, 0.2) is 18.2 Å². The predicted octanol–water partition coefficient (Wildman–Crippen LogP) is 2.84. The molecule has 0 heterocycles. The van der Waals surface area contributed by atoms with Gasteiger partial charge in [0.25, 0.3) is 5.91 Å². The molecule has 92 valence electrons. The van der Waals surface area contributed by atoms with Crippen LogP contribution in [-0.2, 0) is 0 Å². The Labute approximate surface area is 106 Å². The van der Waals surface area contributed by atoms with Crippen molar-refractivity contribution in [2.24, 2.45) is 5.41 Å². The van der Waals surface area contributed by atoms with Gasteiger partial charge in [0.1, 0.15) is 0 Å². The summed E-state index contributed by atoms with van der Waals surface area (Å²) in [6, 6.07) is 4.94. The Kier molecular flexibility index (Phi) is 3.29. The molecule has 2 rings (SSSR count). The largest absolute Gasteiger partial charge is 0.398 e. The zero-order valence-corrected chi connectivity index (χ0v) is 10.7. The fourth-order valence-electron chi connectivity index (χ4n) is 2.07. The van der Waals surface area contributed by atoms with Gasteiger partial charge < -0.3 is 11.1 Å². The number of carbonyl (C=O) groups is 1. The van der Waals surface area contributed by atoms with Crippen LogP contribution in [0.2, 0.25) is 5.02 Å². The minimum absolute atomic E-state index is 0.141. The van der Waals surface area contributed by atoms with Crippen molar-refractivity contribution in [2.45, 2.75) is 26.2 Å². The van der Waals surface area contributed by atoms with Gasteiger partial charge in [0.05, 0.1) is 5.56 Å². The van der Waals surface area contributed by atoms with Crippen LogP contribution in [0.1, 0.15) is 36.5 Å². The van der Waals surface area contributed by atoms with E-state index in [-0.39, 0.29) is 11.3 Å². The highest BCUT2D eigenvalue weighted by Crippen LogP contribution is 2.39. The van der Waals surface area contributed by atoms with E-state index in [9.17, 15) is 4.79 Å². The third-order valence-corrected chi connectivity index (χ3v) is 3.73. The smallest absolute Gasteiger partial charge is 0.253 e. The molecule has 3 nitrogen and oxygen atoms in total. The standard InChI is InChI=1S/C13H17ClN2O/c1-13(5-2-6-13)8-16-12(17)10-7-9(14)3-4-11(10)15/h3-4,7H,2,5-6,8,15H2,1H3,(H,16,17). The second kappa shape index (κ2) is 4.57. The number of halogens is 1. The lowest BCUT2D eigenvalue weighted by Gasteiger charge is -2.38. The quantitative estimate of drug-likeness (QED) is 0.813. The molecule has 1 amide bonds. The molecular formula is C13H17ClN2O. The summed E-state index contributed by atoms with van der Waals surface area (Å²) in [6.07, 6.45) is 3.61. The fourth-order valence-corrected chi connectivity index (χ4v) is 2.24. The van der Waals surface area contributed by atoms with Gasteiger partial charge in [0, 0.05) is 17.3 Å². The second-order valence-corrected chi connectivity index (χ2v) is 5.51. The van der Waals surface area contributed by atoms with Crippen LogP contribution in [0.4, 0.5) is 5.69 Å². The third-order valence-electron chi connectivity index (χ3n) is 3.50. The summed E-state index contributed by atoms with van der Waals surface area (Å²) >= 11 is 5.85. The molecule has 17 heavy (non-hydrogen) atoms. The Morgan fingerprint density at radius 2 is 2.24 bits per heavy atom. The average Bonchev–Trinajstić information content (AvgIpc) is 2.26. The van der Waals surface area contributed by atoms with Gasteiger partial charge in [-0.2, -0.15) is 0 Å². The van der Waals surface area contributed by atoms with Gasteiger partial charge in [0.15, 0.2) is 0 Å².